The number of halogens is 1. The van der Waals surface area contributed by atoms with E-state index < -0.39 is 0 Å². The van der Waals surface area contributed by atoms with Gasteiger partial charge >= 0.3 is 0 Å². The lowest BCUT2D eigenvalue weighted by molar-refractivity contribution is -0.130. The molecule has 34 heteroatoms. The average molecular weight is 1940 g/mol. The van der Waals surface area contributed by atoms with Crippen LogP contribution in [0.25, 0.3) is 56.0 Å². The first-order chi connectivity index (χ1) is 70.0. The molecule has 5 amide bonds. The van der Waals surface area contributed by atoms with Crippen molar-refractivity contribution >= 4 is 87.1 Å². The number of carbonyl (C=O) groups is 5. The van der Waals surface area contributed by atoms with Crippen molar-refractivity contribution in [3.8, 4) is 56.0 Å². The topological polar surface area (TPSA) is 341 Å². The lowest BCUT2D eigenvalue weighted by Crippen LogP contribution is -2.34. The van der Waals surface area contributed by atoms with E-state index >= 15 is 0 Å². The van der Waals surface area contributed by atoms with Crippen molar-refractivity contribution in [2.24, 2.45) is 43.7 Å². The van der Waals surface area contributed by atoms with Gasteiger partial charge in [0.2, 0.25) is 29.5 Å². The maximum atomic E-state index is 13.3. The number of hydrogen-bond acceptors (Lipinski definition) is 20. The number of carbonyl (C=O) groups excluding carboxylic acids is 5. The highest BCUT2D eigenvalue weighted by atomic mass is 19.1. The first-order valence-electron chi connectivity index (χ1n) is 50.8. The second kappa shape index (κ2) is 41.6. The minimum atomic E-state index is -0.240. The maximum absolute atomic E-state index is 13.3. The van der Waals surface area contributed by atoms with E-state index in [-0.39, 0.29) is 35.4 Å². The first kappa shape index (κ1) is 94.7. The summed E-state index contributed by atoms with van der Waals surface area (Å²) in [6.45, 7) is 20.0. The van der Waals surface area contributed by atoms with E-state index in [1.165, 1.54) is 105 Å². The zero-order valence-electron chi connectivity index (χ0n) is 82.8. The summed E-state index contributed by atoms with van der Waals surface area (Å²) in [5.41, 5.74) is 27.0. The molecule has 0 bridgehead atoms. The Balaban J connectivity index is 0.000000106. The minimum absolute atomic E-state index is 0.0971. The van der Waals surface area contributed by atoms with Crippen LogP contribution in [0.4, 0.5) is 61.9 Å². The van der Waals surface area contributed by atoms with Gasteiger partial charge in [-0.25, -0.2) is 4.39 Å². The van der Waals surface area contributed by atoms with E-state index in [0.717, 1.165) is 269 Å². The lowest BCUT2D eigenvalue weighted by Gasteiger charge is -2.26. The second-order valence-corrected chi connectivity index (χ2v) is 40.1. The molecule has 15 aromatic rings. The number of aromatic amines is 1. The normalized spacial score (nSPS) is 16.0. The average Bonchev–Trinajstić information content (AvgIpc) is 1.64. The van der Waals surface area contributed by atoms with Gasteiger partial charge in [0.15, 0.2) is 29.1 Å². The number of aryl methyl sites for hydroxylation is 2. The third-order valence-electron chi connectivity index (χ3n) is 29.0. The zero-order chi connectivity index (χ0) is 98.8. The van der Waals surface area contributed by atoms with Crippen LogP contribution in [-0.2, 0) is 136 Å². The Hall–Kier alpha value is -15.5. The van der Waals surface area contributed by atoms with E-state index in [1.807, 2.05) is 151 Å². The molecular formula is C110H124FN27O6. The summed E-state index contributed by atoms with van der Waals surface area (Å²) in [6, 6.07) is 53.4. The Morgan fingerprint density at radius 3 is 0.993 bits per heavy atom. The monoisotopic (exact) mass is 1940 g/mol. The molecule has 14 heterocycles. The van der Waals surface area contributed by atoms with Gasteiger partial charge in [-0.1, -0.05) is 78.0 Å². The molecule has 0 unspecified atom stereocenters. The largest absolute Gasteiger partial charge is 0.364 e. The van der Waals surface area contributed by atoms with Crippen molar-refractivity contribution in [1.29, 1.82) is 0 Å². The number of hydrogen-bond donors (Lipinski definition) is 6. The number of nitrogens with one attached hydrogen (secondary N) is 6. The number of anilines is 10. The second-order valence-electron chi connectivity index (χ2n) is 40.1. The summed E-state index contributed by atoms with van der Waals surface area (Å²) in [7, 11) is 3.87. The van der Waals surface area contributed by atoms with Crippen molar-refractivity contribution < 1.29 is 32.9 Å². The Bertz CT molecular complexity index is 7010. The van der Waals surface area contributed by atoms with Crippen LogP contribution in [-0.4, -0.2) is 171 Å². The molecule has 742 valence electrons. The van der Waals surface area contributed by atoms with Gasteiger partial charge in [0.05, 0.1) is 56.0 Å². The molecule has 9 aromatic heterocycles. The van der Waals surface area contributed by atoms with E-state index in [9.17, 15) is 28.4 Å². The predicted molar refractivity (Wildman–Crippen MR) is 550 cm³/mol. The molecule has 6 N–H and O–H groups in total. The Labute approximate surface area is 835 Å². The van der Waals surface area contributed by atoms with Crippen molar-refractivity contribution in [3.63, 3.8) is 0 Å². The van der Waals surface area contributed by atoms with Crippen LogP contribution in [0, 0.1) is 35.4 Å². The van der Waals surface area contributed by atoms with Gasteiger partial charge in [-0.15, -0.1) is 0 Å². The van der Waals surface area contributed by atoms with Crippen molar-refractivity contribution in [1.82, 2.24) is 108 Å². The number of H-pyrrole nitrogens is 1. The highest BCUT2D eigenvalue weighted by Crippen LogP contribution is 2.43. The van der Waals surface area contributed by atoms with Crippen LogP contribution in [0.5, 0.6) is 0 Å². The third kappa shape index (κ3) is 22.5. The summed E-state index contributed by atoms with van der Waals surface area (Å²) in [5, 5.41) is 61.6. The number of amides is 5. The molecule has 25 rings (SSSR count). The smallest absolute Gasteiger partial charge is 0.219 e. The van der Waals surface area contributed by atoms with Crippen LogP contribution >= 0.6 is 0 Å². The van der Waals surface area contributed by atoms with Crippen LogP contribution in [0.1, 0.15) is 155 Å². The van der Waals surface area contributed by atoms with Crippen LogP contribution in [0.2, 0.25) is 0 Å². The molecule has 33 nitrogen and oxygen atoms in total. The molecule has 10 aliphatic rings. The van der Waals surface area contributed by atoms with Crippen LogP contribution in [0.3, 0.4) is 0 Å². The van der Waals surface area contributed by atoms with Crippen molar-refractivity contribution in [3.05, 3.63) is 257 Å². The fourth-order valence-corrected chi connectivity index (χ4v) is 19.9. The van der Waals surface area contributed by atoms with Gasteiger partial charge in [0, 0.05) is 272 Å². The summed E-state index contributed by atoms with van der Waals surface area (Å²) in [6.07, 6.45) is 26.0. The standard InChI is InChI=1S/C24H25FN4O.2C22H26N6O.C21H24N6O.C21H23N5O2/c1-16(30)28-12-11-23-22(15-28)24(27-29(23)14-17-5-6-17)26-21-4-2-3-19(13-21)18-7-9-20(25)10-8-18;1-15(29)27-11-9-21-19(14-27)22(25-28(21)13-16-6-7-16)23-18-5-3-4-17(12-18)20-8-10-26(2)24-20;1-15(29)27-11-9-21-19(14-27)22(25-28(21)13-16-6-7-16)24-18-5-3-4-17(12-18)20-8-10-23-26(20)2;1-14(28)26-10-8-20-18(13-26)21(25-27(20)12-15-5-6-15)23-17-4-2-3-16(11-17)19-7-9-22-24-19;1-14(27)25-8-7-20-19(12-25)21(24-26(20)11-15-5-6-15)23-18-4-2-3-16(9-18)17-10-22-28-13-17/h2-4,7-10,13,17H,5-6,11-12,14-15H2,1H3,(H,26,27);3-5,8,10,12,16H,6-7,9,11,13-14H2,1-2H3,(H,23,25);3-5,8,10,12,16H,6-7,9,11,13-14H2,1-2H3,(H,24,25);2-4,7,9,11,15H,5-6,8,10,12-13H2,1H3,(H,22,24)(H,23,25);2-4,9-10,13,15H,5-8,11-12H2,1H3,(H,23,24). The fraction of sp³-hybridized carbons (Fsp3) is 0.382. The molecule has 144 heavy (non-hydrogen) atoms. The summed E-state index contributed by atoms with van der Waals surface area (Å²) >= 11 is 0. The molecule has 0 saturated heterocycles. The number of fused-ring (bicyclic) bond motifs is 5. The number of aromatic nitrogens is 17. The predicted octanol–water partition coefficient (Wildman–Crippen LogP) is 18.4. The van der Waals surface area contributed by atoms with Gasteiger partial charge in [-0.3, -0.25) is 61.8 Å². The minimum Gasteiger partial charge on any atom is -0.364 e. The Kier molecular flexibility index (Phi) is 27.3. The quantitative estimate of drug-likeness (QED) is 0.0309. The Morgan fingerprint density at radius 2 is 0.688 bits per heavy atom. The zero-order valence-corrected chi connectivity index (χ0v) is 82.8. The fourth-order valence-electron chi connectivity index (χ4n) is 19.9. The van der Waals surface area contributed by atoms with Crippen LogP contribution in [0.15, 0.2) is 199 Å². The molecule has 5 aliphatic heterocycles. The molecule has 5 fully saturated rings. The lowest BCUT2D eigenvalue weighted by atomic mass is 10.0. The van der Waals surface area contributed by atoms with Crippen molar-refractivity contribution in [2.75, 3.05) is 59.3 Å². The summed E-state index contributed by atoms with van der Waals surface area (Å²) in [4.78, 5) is 69.2. The molecular weight excluding hydrogens is 1810 g/mol. The first-order valence-corrected chi connectivity index (χ1v) is 50.8. The van der Waals surface area contributed by atoms with Gasteiger partial charge in [-0.05, 0) is 201 Å². The summed E-state index contributed by atoms with van der Waals surface area (Å²) < 4.78 is 32.7. The number of rotatable bonds is 25. The van der Waals surface area contributed by atoms with Crippen molar-refractivity contribution in [2.45, 2.75) is 196 Å². The van der Waals surface area contributed by atoms with E-state index in [1.54, 1.807) is 65.4 Å². The highest BCUT2D eigenvalue weighted by Gasteiger charge is 2.37. The number of benzene rings is 6. The van der Waals surface area contributed by atoms with E-state index in [0.29, 0.717) is 32.7 Å². The molecule has 6 aromatic carbocycles. The van der Waals surface area contributed by atoms with Gasteiger partial charge < -0.3 is 55.6 Å². The molecule has 5 saturated carbocycles. The number of nitrogens with zero attached hydrogens (tertiary/aromatic N) is 21. The molecule has 0 radical (unpaired) electrons. The molecule has 0 atom stereocenters. The van der Waals surface area contributed by atoms with Gasteiger partial charge in [0.1, 0.15) is 12.1 Å². The van der Waals surface area contributed by atoms with E-state index in [2.05, 4.69) is 124 Å². The summed E-state index contributed by atoms with van der Waals surface area (Å²) in [5.74, 6) is 8.35. The molecule has 0 spiro atoms. The third-order valence-corrected chi connectivity index (χ3v) is 29.0. The highest BCUT2D eigenvalue weighted by molar-refractivity contribution is 5.80. The van der Waals surface area contributed by atoms with E-state index in [4.69, 9.17) is 30.0 Å². The van der Waals surface area contributed by atoms with Gasteiger partial charge in [0.25, 0.3) is 0 Å². The van der Waals surface area contributed by atoms with Crippen LogP contribution < -0.4 is 26.6 Å². The maximum Gasteiger partial charge on any atom is 0.219 e. The van der Waals surface area contributed by atoms with Gasteiger partial charge in [-0.2, -0.15) is 40.8 Å². The molecule has 5 aliphatic carbocycles. The SMILES string of the molecule is CC(=O)N1CCc2c(c(Nc3cccc(-c4ccc(F)cc4)c3)nn2CC2CC2)C1.CC(=O)N1CCc2c(c(Nc3cccc(-c4ccn(C)n4)c3)nn2CC2CC2)C1.CC(=O)N1CCc2c(c(Nc3cccc(-c4ccn[nH]4)c3)nn2CC2CC2)C1.CC(=O)N1CCc2c(c(Nc3cccc(-c4ccnn4C)c3)nn2CC2CC2)C1.CC(=O)N1CCc2c(c(Nc3cccc(-c4cnoc4)c3)nn2CC2CC2)C1. The Morgan fingerprint density at radius 1 is 0.361 bits per heavy atom.